The Kier molecular flexibility index (Phi) is 4.75. The summed E-state index contributed by atoms with van der Waals surface area (Å²) in [4.78, 5) is 15.6. The van der Waals surface area contributed by atoms with E-state index in [4.69, 9.17) is 10.5 Å². The molecular formula is C12H12BrN3O2S. The summed E-state index contributed by atoms with van der Waals surface area (Å²) < 4.78 is 6.31. The average Bonchev–Trinajstić information content (AvgIpc) is 2.75. The molecule has 1 aromatic heterocycles. The molecule has 0 aliphatic carbocycles. The fourth-order valence-electron chi connectivity index (χ4n) is 1.36. The van der Waals surface area contributed by atoms with E-state index in [0.717, 1.165) is 3.79 Å². The smallest absolute Gasteiger partial charge is 0.229 e. The van der Waals surface area contributed by atoms with E-state index < -0.39 is 0 Å². The van der Waals surface area contributed by atoms with Crippen LogP contribution in [0.1, 0.15) is 6.42 Å². The van der Waals surface area contributed by atoms with Crippen LogP contribution in [0, 0.1) is 0 Å². The van der Waals surface area contributed by atoms with Gasteiger partial charge in [-0.1, -0.05) is 17.4 Å². The van der Waals surface area contributed by atoms with Crippen LogP contribution >= 0.6 is 27.3 Å². The van der Waals surface area contributed by atoms with Crippen molar-refractivity contribution in [3.63, 3.8) is 0 Å². The number of thiazole rings is 1. The van der Waals surface area contributed by atoms with Gasteiger partial charge in [-0.2, -0.15) is 0 Å². The molecule has 0 aliphatic rings. The number of rotatable bonds is 5. The molecule has 0 radical (unpaired) electrons. The van der Waals surface area contributed by atoms with Crippen LogP contribution in [0.15, 0.2) is 34.2 Å². The molecule has 1 heterocycles. The molecule has 3 N–H and O–H groups in total. The Labute approximate surface area is 122 Å². The number of nitrogens with one attached hydrogen (secondary N) is 1. The molecule has 2 aromatic rings. The summed E-state index contributed by atoms with van der Waals surface area (Å²) in [6.07, 6.45) is 1.90. The standard InChI is InChI=1S/C12H12BrN3O2S/c13-10-7-15-12(19-10)16-11(17)4-5-18-9-3-1-2-8(14)6-9/h1-3,6-7H,4-5,14H2,(H,15,16,17). The highest BCUT2D eigenvalue weighted by Gasteiger charge is 2.06. The molecule has 0 spiro atoms. The largest absolute Gasteiger partial charge is 0.493 e. The SMILES string of the molecule is Nc1cccc(OCCC(=O)Nc2ncc(Br)s2)c1. The Balaban J connectivity index is 1.75. The van der Waals surface area contributed by atoms with Gasteiger partial charge in [0.15, 0.2) is 5.13 Å². The second-order valence-electron chi connectivity index (χ2n) is 3.69. The number of benzene rings is 1. The van der Waals surface area contributed by atoms with Gasteiger partial charge in [-0.05, 0) is 28.1 Å². The van der Waals surface area contributed by atoms with Crippen molar-refractivity contribution in [1.29, 1.82) is 0 Å². The first-order chi connectivity index (χ1) is 9.13. The quantitative estimate of drug-likeness (QED) is 0.819. The highest BCUT2D eigenvalue weighted by atomic mass is 79.9. The van der Waals surface area contributed by atoms with Gasteiger partial charge >= 0.3 is 0 Å². The zero-order valence-corrected chi connectivity index (χ0v) is 12.3. The Morgan fingerprint density at radius 2 is 2.37 bits per heavy atom. The number of nitrogens with zero attached hydrogens (tertiary/aromatic N) is 1. The predicted octanol–water partition coefficient (Wildman–Crippen LogP) is 2.90. The molecule has 7 heteroatoms. The number of nitrogen functional groups attached to an aromatic ring is 1. The molecule has 19 heavy (non-hydrogen) atoms. The van der Waals surface area contributed by atoms with E-state index in [1.165, 1.54) is 11.3 Å². The minimum Gasteiger partial charge on any atom is -0.493 e. The van der Waals surface area contributed by atoms with Gasteiger partial charge in [0.1, 0.15) is 5.75 Å². The molecule has 0 saturated carbocycles. The maximum absolute atomic E-state index is 11.6. The van der Waals surface area contributed by atoms with Gasteiger partial charge in [0.05, 0.1) is 23.0 Å². The summed E-state index contributed by atoms with van der Waals surface area (Å²) >= 11 is 4.64. The lowest BCUT2D eigenvalue weighted by atomic mass is 10.3. The van der Waals surface area contributed by atoms with E-state index in [1.807, 2.05) is 0 Å². The summed E-state index contributed by atoms with van der Waals surface area (Å²) in [7, 11) is 0. The molecule has 100 valence electrons. The van der Waals surface area contributed by atoms with Crippen LogP contribution in [0.4, 0.5) is 10.8 Å². The van der Waals surface area contributed by atoms with Crippen LogP contribution < -0.4 is 15.8 Å². The number of ether oxygens (including phenoxy) is 1. The Bertz CT molecular complexity index is 574. The first kappa shape index (κ1) is 13.8. The number of carbonyl (C=O) groups excluding carboxylic acids is 1. The second kappa shape index (κ2) is 6.53. The summed E-state index contributed by atoms with van der Waals surface area (Å²) in [6, 6.07) is 7.10. The van der Waals surface area contributed by atoms with Crippen LogP contribution in [0.5, 0.6) is 5.75 Å². The zero-order valence-electron chi connectivity index (χ0n) is 9.93. The third-order valence-electron chi connectivity index (χ3n) is 2.18. The van der Waals surface area contributed by atoms with Gasteiger partial charge < -0.3 is 15.8 Å². The van der Waals surface area contributed by atoms with E-state index in [-0.39, 0.29) is 12.3 Å². The summed E-state index contributed by atoms with van der Waals surface area (Å²) in [5.74, 6) is 0.524. The first-order valence-electron chi connectivity index (χ1n) is 5.53. The fourth-order valence-corrected chi connectivity index (χ4v) is 2.48. The van der Waals surface area contributed by atoms with Crippen molar-refractivity contribution < 1.29 is 9.53 Å². The summed E-state index contributed by atoms with van der Waals surface area (Å²) in [5, 5.41) is 3.26. The van der Waals surface area contributed by atoms with Gasteiger partial charge in [0.25, 0.3) is 0 Å². The number of hydrogen-bond donors (Lipinski definition) is 2. The maximum atomic E-state index is 11.6. The van der Waals surface area contributed by atoms with E-state index in [0.29, 0.717) is 23.2 Å². The van der Waals surface area contributed by atoms with E-state index in [1.54, 1.807) is 30.5 Å². The van der Waals surface area contributed by atoms with Crippen molar-refractivity contribution in [3.8, 4) is 5.75 Å². The van der Waals surface area contributed by atoms with Crippen molar-refractivity contribution >= 4 is 44.0 Å². The van der Waals surface area contributed by atoms with Crippen molar-refractivity contribution in [2.75, 3.05) is 17.7 Å². The predicted molar refractivity (Wildman–Crippen MR) is 79.4 cm³/mol. The molecule has 0 atom stereocenters. The lowest BCUT2D eigenvalue weighted by Gasteiger charge is -2.06. The molecule has 1 aromatic carbocycles. The minimum absolute atomic E-state index is 0.134. The van der Waals surface area contributed by atoms with Crippen molar-refractivity contribution in [2.45, 2.75) is 6.42 Å². The maximum Gasteiger partial charge on any atom is 0.229 e. The van der Waals surface area contributed by atoms with Crippen LogP contribution in [0.3, 0.4) is 0 Å². The van der Waals surface area contributed by atoms with Crippen LogP contribution in [0.2, 0.25) is 0 Å². The monoisotopic (exact) mass is 341 g/mol. The average molecular weight is 342 g/mol. The summed E-state index contributed by atoms with van der Waals surface area (Å²) in [5.41, 5.74) is 6.26. The summed E-state index contributed by atoms with van der Waals surface area (Å²) in [6.45, 7) is 0.293. The van der Waals surface area contributed by atoms with Crippen LogP contribution in [0.25, 0.3) is 0 Å². The van der Waals surface area contributed by atoms with E-state index in [2.05, 4.69) is 26.2 Å². The van der Waals surface area contributed by atoms with Crippen LogP contribution in [-0.2, 0) is 4.79 Å². The molecule has 0 saturated heterocycles. The van der Waals surface area contributed by atoms with Gasteiger partial charge in [-0.15, -0.1) is 0 Å². The lowest BCUT2D eigenvalue weighted by molar-refractivity contribution is -0.116. The van der Waals surface area contributed by atoms with E-state index >= 15 is 0 Å². The van der Waals surface area contributed by atoms with Crippen LogP contribution in [-0.4, -0.2) is 17.5 Å². The van der Waals surface area contributed by atoms with Crippen molar-refractivity contribution in [2.24, 2.45) is 0 Å². The lowest BCUT2D eigenvalue weighted by Crippen LogP contribution is -2.15. The molecule has 0 unspecified atom stereocenters. The number of anilines is 2. The van der Waals surface area contributed by atoms with Gasteiger partial charge in [-0.3, -0.25) is 4.79 Å². The van der Waals surface area contributed by atoms with Gasteiger partial charge in [0, 0.05) is 11.8 Å². The number of nitrogens with two attached hydrogens (primary N) is 1. The highest BCUT2D eigenvalue weighted by molar-refractivity contribution is 9.11. The number of amides is 1. The fraction of sp³-hybridized carbons (Fsp3) is 0.167. The number of carbonyl (C=O) groups is 1. The number of halogens is 1. The molecule has 0 fully saturated rings. The van der Waals surface area contributed by atoms with Crippen molar-refractivity contribution in [3.05, 3.63) is 34.2 Å². The normalized spacial score (nSPS) is 10.2. The molecule has 0 bridgehead atoms. The number of hydrogen-bond acceptors (Lipinski definition) is 5. The van der Waals surface area contributed by atoms with Gasteiger partial charge in [-0.25, -0.2) is 4.98 Å². The third kappa shape index (κ3) is 4.53. The second-order valence-corrected chi connectivity index (χ2v) is 6.10. The molecule has 5 nitrogen and oxygen atoms in total. The molecule has 2 rings (SSSR count). The Hall–Kier alpha value is -1.60. The minimum atomic E-state index is -0.134. The Morgan fingerprint density at radius 3 is 3.05 bits per heavy atom. The zero-order chi connectivity index (χ0) is 13.7. The van der Waals surface area contributed by atoms with Gasteiger partial charge in [0.2, 0.25) is 5.91 Å². The molecule has 1 amide bonds. The first-order valence-corrected chi connectivity index (χ1v) is 7.14. The molecule has 0 aliphatic heterocycles. The van der Waals surface area contributed by atoms with Crippen molar-refractivity contribution in [1.82, 2.24) is 4.98 Å². The van der Waals surface area contributed by atoms with E-state index in [9.17, 15) is 4.79 Å². The Morgan fingerprint density at radius 1 is 1.53 bits per heavy atom. The molecular weight excluding hydrogens is 330 g/mol. The highest BCUT2D eigenvalue weighted by Crippen LogP contribution is 2.23. The third-order valence-corrected chi connectivity index (χ3v) is 3.57. The topological polar surface area (TPSA) is 77.2 Å². The number of aromatic nitrogens is 1.